The van der Waals surface area contributed by atoms with Crippen molar-refractivity contribution in [1.82, 2.24) is 5.32 Å². The third-order valence-corrected chi connectivity index (χ3v) is 3.64. The average molecular weight is 369 g/mol. The van der Waals surface area contributed by atoms with Crippen molar-refractivity contribution in [2.75, 3.05) is 0 Å². The molecule has 0 bridgehead atoms. The second-order valence-corrected chi connectivity index (χ2v) is 5.48. The first-order valence-corrected chi connectivity index (χ1v) is 7.81. The molecule has 3 aromatic rings. The van der Waals surface area contributed by atoms with Crippen molar-refractivity contribution in [3.8, 4) is 11.3 Å². The lowest BCUT2D eigenvalue weighted by atomic mass is 10.1. The summed E-state index contributed by atoms with van der Waals surface area (Å²) in [6.45, 7) is 0. The predicted octanol–water partition coefficient (Wildman–Crippen LogP) is 4.08. The Hall–Kier alpha value is -3.74. The van der Waals surface area contributed by atoms with Gasteiger partial charge in [0.25, 0.3) is 5.91 Å². The lowest BCUT2D eigenvalue weighted by Crippen LogP contribution is -2.28. The van der Waals surface area contributed by atoms with Gasteiger partial charge in [-0.25, -0.2) is 13.6 Å². The van der Waals surface area contributed by atoms with E-state index in [1.807, 2.05) is 35.6 Å². The van der Waals surface area contributed by atoms with Crippen LogP contribution in [-0.4, -0.2) is 17.0 Å². The van der Waals surface area contributed by atoms with E-state index in [-0.39, 0.29) is 5.76 Å². The normalized spacial score (nSPS) is 11.3. The summed E-state index contributed by atoms with van der Waals surface area (Å²) in [7, 11) is 0. The molecular formula is C20H13F2NO4. The van der Waals surface area contributed by atoms with Crippen molar-refractivity contribution < 1.29 is 27.9 Å². The van der Waals surface area contributed by atoms with Crippen LogP contribution in [0.5, 0.6) is 0 Å². The van der Waals surface area contributed by atoms with Crippen molar-refractivity contribution in [3.63, 3.8) is 0 Å². The molecule has 0 aliphatic heterocycles. The Kier molecular flexibility index (Phi) is 5.12. The van der Waals surface area contributed by atoms with E-state index in [1.54, 1.807) is 6.07 Å². The molecule has 0 atom stereocenters. The summed E-state index contributed by atoms with van der Waals surface area (Å²) >= 11 is 0. The number of benzene rings is 2. The van der Waals surface area contributed by atoms with Crippen LogP contribution < -0.4 is 5.32 Å². The molecule has 0 radical (unpaired) electrons. The minimum atomic E-state index is -1.49. The van der Waals surface area contributed by atoms with E-state index in [9.17, 15) is 23.5 Å². The van der Waals surface area contributed by atoms with Crippen LogP contribution in [0.2, 0.25) is 0 Å². The quantitative estimate of drug-likeness (QED) is 0.664. The lowest BCUT2D eigenvalue weighted by molar-refractivity contribution is -0.132. The number of furan rings is 1. The van der Waals surface area contributed by atoms with Gasteiger partial charge in [-0.2, -0.15) is 0 Å². The van der Waals surface area contributed by atoms with E-state index in [0.717, 1.165) is 29.8 Å². The number of amides is 1. The highest BCUT2D eigenvalue weighted by molar-refractivity contribution is 6.02. The molecule has 0 unspecified atom stereocenters. The number of hydrogen-bond acceptors (Lipinski definition) is 3. The average Bonchev–Trinajstić information content (AvgIpc) is 3.10. The summed E-state index contributed by atoms with van der Waals surface area (Å²) in [5, 5.41) is 11.3. The van der Waals surface area contributed by atoms with Gasteiger partial charge in [0.05, 0.1) is 0 Å². The fraction of sp³-hybridized carbons (Fsp3) is 0. The van der Waals surface area contributed by atoms with Crippen molar-refractivity contribution in [1.29, 1.82) is 0 Å². The van der Waals surface area contributed by atoms with E-state index < -0.39 is 34.8 Å². The molecule has 1 aromatic heterocycles. The topological polar surface area (TPSA) is 79.5 Å². The molecule has 2 aromatic carbocycles. The van der Waals surface area contributed by atoms with Crippen LogP contribution in [0.3, 0.4) is 0 Å². The molecule has 0 fully saturated rings. The van der Waals surface area contributed by atoms with Gasteiger partial charge in [-0.15, -0.1) is 0 Å². The maximum atomic E-state index is 13.7. The Morgan fingerprint density at radius 2 is 1.59 bits per heavy atom. The van der Waals surface area contributed by atoms with Crippen molar-refractivity contribution in [3.05, 3.63) is 89.3 Å². The Balaban J connectivity index is 1.87. The first-order chi connectivity index (χ1) is 13.0. The van der Waals surface area contributed by atoms with Gasteiger partial charge in [0, 0.05) is 11.6 Å². The molecule has 0 aliphatic rings. The minimum Gasteiger partial charge on any atom is -0.477 e. The zero-order valence-electron chi connectivity index (χ0n) is 13.8. The Morgan fingerprint density at radius 1 is 0.926 bits per heavy atom. The molecule has 2 N–H and O–H groups in total. The summed E-state index contributed by atoms with van der Waals surface area (Å²) in [5.41, 5.74) is -0.669. The van der Waals surface area contributed by atoms with Gasteiger partial charge >= 0.3 is 5.97 Å². The van der Waals surface area contributed by atoms with Crippen molar-refractivity contribution >= 4 is 18.0 Å². The lowest BCUT2D eigenvalue weighted by Gasteiger charge is -2.07. The molecular weight excluding hydrogens is 356 g/mol. The van der Waals surface area contributed by atoms with Crippen LogP contribution in [0.25, 0.3) is 17.4 Å². The number of rotatable bonds is 5. The van der Waals surface area contributed by atoms with Crippen molar-refractivity contribution in [2.24, 2.45) is 0 Å². The summed E-state index contributed by atoms with van der Waals surface area (Å²) < 4.78 is 32.9. The van der Waals surface area contributed by atoms with E-state index in [1.165, 1.54) is 6.07 Å². The second-order valence-electron chi connectivity index (χ2n) is 5.48. The number of halogens is 2. The molecule has 0 spiro atoms. The number of carboxylic acids is 1. The predicted molar refractivity (Wildman–Crippen MR) is 93.6 cm³/mol. The zero-order valence-corrected chi connectivity index (χ0v) is 13.8. The fourth-order valence-electron chi connectivity index (χ4n) is 2.38. The first kappa shape index (κ1) is 18.1. The number of carbonyl (C=O) groups excluding carboxylic acids is 1. The maximum absolute atomic E-state index is 13.7. The van der Waals surface area contributed by atoms with Crippen LogP contribution in [0.1, 0.15) is 16.1 Å². The largest absolute Gasteiger partial charge is 0.477 e. The third-order valence-electron chi connectivity index (χ3n) is 3.64. The molecule has 0 aliphatic carbocycles. The molecule has 7 heteroatoms. The molecule has 1 heterocycles. The van der Waals surface area contributed by atoms with Crippen LogP contribution in [0, 0.1) is 11.6 Å². The number of hydrogen-bond donors (Lipinski definition) is 2. The Bertz CT molecular complexity index is 1010. The van der Waals surface area contributed by atoms with E-state index in [0.29, 0.717) is 5.76 Å². The van der Waals surface area contributed by atoms with Crippen LogP contribution >= 0.6 is 0 Å². The minimum absolute atomic E-state index is 0.153. The molecule has 3 rings (SSSR count). The molecule has 5 nitrogen and oxygen atoms in total. The van der Waals surface area contributed by atoms with E-state index >= 15 is 0 Å². The zero-order chi connectivity index (χ0) is 19.4. The Morgan fingerprint density at radius 3 is 2.22 bits per heavy atom. The highest BCUT2D eigenvalue weighted by Crippen LogP contribution is 2.23. The number of carbonyl (C=O) groups is 2. The number of nitrogens with one attached hydrogen (secondary N) is 1. The second kappa shape index (κ2) is 7.65. The van der Waals surface area contributed by atoms with Crippen LogP contribution in [0.4, 0.5) is 8.78 Å². The molecule has 136 valence electrons. The molecule has 1 amide bonds. The molecule has 0 saturated carbocycles. The van der Waals surface area contributed by atoms with Gasteiger partial charge in [-0.1, -0.05) is 36.4 Å². The van der Waals surface area contributed by atoms with Crippen molar-refractivity contribution in [2.45, 2.75) is 0 Å². The Labute approximate surface area is 152 Å². The number of aliphatic carboxylic acids is 1. The van der Waals surface area contributed by atoms with Crippen LogP contribution in [-0.2, 0) is 4.79 Å². The van der Waals surface area contributed by atoms with Gasteiger partial charge in [-0.3, -0.25) is 4.79 Å². The van der Waals surface area contributed by atoms with Gasteiger partial charge in [-0.05, 0) is 24.3 Å². The first-order valence-electron chi connectivity index (χ1n) is 7.81. The van der Waals surface area contributed by atoms with Gasteiger partial charge in [0.1, 0.15) is 34.4 Å². The van der Waals surface area contributed by atoms with Gasteiger partial charge < -0.3 is 14.8 Å². The van der Waals surface area contributed by atoms with Gasteiger partial charge in [0.2, 0.25) is 0 Å². The summed E-state index contributed by atoms with van der Waals surface area (Å²) in [4.78, 5) is 23.5. The van der Waals surface area contributed by atoms with E-state index in [2.05, 4.69) is 0 Å². The third kappa shape index (κ3) is 4.09. The van der Waals surface area contributed by atoms with E-state index in [4.69, 9.17) is 4.42 Å². The highest BCUT2D eigenvalue weighted by Gasteiger charge is 2.20. The maximum Gasteiger partial charge on any atom is 0.352 e. The standard InChI is InChI=1S/C20H13F2NO4/c21-14-7-4-8-15(22)18(14)19(24)23-16(20(25)26)11-13-9-10-17(27-13)12-5-2-1-3-6-12/h1-11H,(H,23,24)(H,25,26). The molecule has 27 heavy (non-hydrogen) atoms. The fourth-order valence-corrected chi connectivity index (χ4v) is 2.38. The SMILES string of the molecule is O=C(O)C(=Cc1ccc(-c2ccccc2)o1)NC(=O)c1c(F)cccc1F. The number of carboxylic acid groups (broad SMARTS) is 1. The van der Waals surface area contributed by atoms with Crippen LogP contribution in [0.15, 0.2) is 70.8 Å². The monoisotopic (exact) mass is 369 g/mol. The smallest absolute Gasteiger partial charge is 0.352 e. The summed E-state index contributed by atoms with van der Waals surface area (Å²) in [5.74, 6) is -4.24. The summed E-state index contributed by atoms with van der Waals surface area (Å²) in [6.07, 6.45) is 1.06. The molecule has 0 saturated heterocycles. The summed E-state index contributed by atoms with van der Waals surface area (Å²) in [6, 6.07) is 15.2. The van der Waals surface area contributed by atoms with Gasteiger partial charge in [0.15, 0.2) is 0 Å². The highest BCUT2D eigenvalue weighted by atomic mass is 19.1.